The van der Waals surface area contributed by atoms with Crippen LogP contribution in [-0.2, 0) is 17.6 Å². The van der Waals surface area contributed by atoms with Crippen molar-refractivity contribution in [1.29, 1.82) is 0 Å². The number of likely N-dealkylation sites (tertiary alicyclic amines) is 1. The minimum absolute atomic E-state index is 0.224. The third-order valence-corrected chi connectivity index (χ3v) is 6.95. The fraction of sp³-hybridized carbons (Fsp3) is 0.440. The molecule has 1 N–H and O–H groups in total. The lowest BCUT2D eigenvalue weighted by molar-refractivity contribution is -0.137. The van der Waals surface area contributed by atoms with Gasteiger partial charge in [0.15, 0.2) is 0 Å². The minimum Gasteiger partial charge on any atom is -0.478 e. The fourth-order valence-electron chi connectivity index (χ4n) is 4.82. The van der Waals surface area contributed by atoms with E-state index in [2.05, 4.69) is 10.1 Å². The van der Waals surface area contributed by atoms with E-state index >= 15 is 0 Å². The minimum atomic E-state index is -4.34. The quantitative estimate of drug-likeness (QED) is 0.648. The summed E-state index contributed by atoms with van der Waals surface area (Å²) in [7, 11) is 0. The van der Waals surface area contributed by atoms with E-state index in [-0.39, 0.29) is 5.56 Å². The molecule has 2 aromatic rings. The molecule has 5 nitrogen and oxygen atoms in total. The van der Waals surface area contributed by atoms with Gasteiger partial charge in [0.05, 0.1) is 16.8 Å². The number of benzene rings is 2. The number of carboxylic acid groups (broad SMARTS) is 1. The molecule has 1 saturated carbocycles. The Balaban J connectivity index is 1.23. The van der Waals surface area contributed by atoms with E-state index in [1.807, 2.05) is 0 Å². The van der Waals surface area contributed by atoms with Crippen molar-refractivity contribution in [2.24, 2.45) is 5.16 Å². The zero-order chi connectivity index (χ0) is 23.2. The third-order valence-electron chi connectivity index (χ3n) is 6.95. The normalized spacial score (nSPS) is 20.5. The maximum atomic E-state index is 13.3. The summed E-state index contributed by atoms with van der Waals surface area (Å²) in [5.41, 5.74) is 2.72. The highest BCUT2D eigenvalue weighted by molar-refractivity contribution is 6.02. The highest BCUT2D eigenvalue weighted by atomic mass is 19.4. The van der Waals surface area contributed by atoms with Gasteiger partial charge in [0, 0.05) is 38.9 Å². The molecule has 0 radical (unpaired) electrons. The van der Waals surface area contributed by atoms with Gasteiger partial charge in [-0.25, -0.2) is 4.79 Å². The monoisotopic (exact) mass is 458 g/mol. The van der Waals surface area contributed by atoms with Gasteiger partial charge in [0.2, 0.25) is 0 Å². The van der Waals surface area contributed by atoms with Crippen molar-refractivity contribution in [2.75, 3.05) is 13.1 Å². The number of rotatable bonds is 5. The first-order valence-corrected chi connectivity index (χ1v) is 11.2. The zero-order valence-electron chi connectivity index (χ0n) is 18.1. The maximum Gasteiger partial charge on any atom is 0.416 e. The van der Waals surface area contributed by atoms with Crippen LogP contribution in [0.5, 0.6) is 0 Å². The first-order valence-electron chi connectivity index (χ1n) is 11.2. The second kappa shape index (κ2) is 8.17. The van der Waals surface area contributed by atoms with Gasteiger partial charge in [-0.3, -0.25) is 4.90 Å². The van der Waals surface area contributed by atoms with Gasteiger partial charge in [-0.15, -0.1) is 0 Å². The molecule has 2 aromatic carbocycles. The van der Waals surface area contributed by atoms with Crippen LogP contribution in [0, 0.1) is 0 Å². The topological polar surface area (TPSA) is 62.1 Å². The third kappa shape index (κ3) is 4.62. The van der Waals surface area contributed by atoms with Gasteiger partial charge in [0.1, 0.15) is 5.60 Å². The van der Waals surface area contributed by atoms with E-state index in [0.717, 1.165) is 61.2 Å². The Morgan fingerprint density at radius 3 is 2.42 bits per heavy atom. The Labute approximate surface area is 189 Å². The van der Waals surface area contributed by atoms with Gasteiger partial charge >= 0.3 is 12.1 Å². The first kappa shape index (κ1) is 21.9. The first-order chi connectivity index (χ1) is 15.7. The van der Waals surface area contributed by atoms with E-state index in [1.165, 1.54) is 12.1 Å². The number of piperidine rings is 1. The lowest BCUT2D eigenvalue weighted by Crippen LogP contribution is -2.44. The van der Waals surface area contributed by atoms with Gasteiger partial charge in [-0.05, 0) is 59.7 Å². The second-order valence-corrected chi connectivity index (χ2v) is 9.33. The molecule has 0 amide bonds. The fourth-order valence-corrected chi connectivity index (χ4v) is 4.82. The van der Waals surface area contributed by atoms with Gasteiger partial charge < -0.3 is 9.94 Å². The lowest BCUT2D eigenvalue weighted by atomic mass is 9.85. The van der Waals surface area contributed by atoms with Crippen molar-refractivity contribution in [2.45, 2.75) is 56.3 Å². The van der Waals surface area contributed by atoms with Crippen LogP contribution in [0.25, 0.3) is 0 Å². The molecule has 1 aliphatic carbocycles. The summed E-state index contributed by atoms with van der Waals surface area (Å²) < 4.78 is 39.8. The van der Waals surface area contributed by atoms with Crippen LogP contribution in [0.1, 0.15) is 70.6 Å². The van der Waals surface area contributed by atoms with Crippen LogP contribution in [0.2, 0.25) is 0 Å². The van der Waals surface area contributed by atoms with Gasteiger partial charge in [0.25, 0.3) is 0 Å². The summed E-state index contributed by atoms with van der Waals surface area (Å²) in [4.78, 5) is 19.1. The Kier molecular flexibility index (Phi) is 5.43. The number of hydrogen-bond donors (Lipinski definition) is 1. The number of carbonyl (C=O) groups is 1. The Bertz CT molecular complexity index is 1080. The SMILES string of the molecule is O=C(O)c1ccc(C2=NOC3(CCN(Cc4cc(C(F)(F)F)ccc4C4CC4)CC3)C2)cc1. The van der Waals surface area contributed by atoms with E-state index in [4.69, 9.17) is 9.94 Å². The number of carboxylic acids is 1. The van der Waals surface area contributed by atoms with Crippen molar-refractivity contribution in [1.82, 2.24) is 4.90 Å². The number of aromatic carboxylic acids is 1. The summed E-state index contributed by atoms with van der Waals surface area (Å²) in [6.07, 6.45) is -0.122. The van der Waals surface area contributed by atoms with Crippen LogP contribution >= 0.6 is 0 Å². The maximum absolute atomic E-state index is 13.3. The molecule has 5 rings (SSSR count). The van der Waals surface area contributed by atoms with E-state index in [9.17, 15) is 18.0 Å². The van der Waals surface area contributed by atoms with E-state index < -0.39 is 23.3 Å². The molecular formula is C25H25F3N2O3. The predicted molar refractivity (Wildman–Crippen MR) is 116 cm³/mol. The average Bonchev–Trinajstić information content (AvgIpc) is 3.55. The summed E-state index contributed by atoms with van der Waals surface area (Å²) in [6, 6.07) is 10.8. The highest BCUT2D eigenvalue weighted by Crippen LogP contribution is 2.44. The van der Waals surface area contributed by atoms with E-state index in [0.29, 0.717) is 18.9 Å². The molecule has 0 bridgehead atoms. The molecule has 8 heteroatoms. The molecule has 33 heavy (non-hydrogen) atoms. The number of halogens is 3. The van der Waals surface area contributed by atoms with Crippen molar-refractivity contribution < 1.29 is 27.9 Å². The molecule has 1 saturated heterocycles. The molecule has 3 aliphatic rings. The average molecular weight is 458 g/mol. The van der Waals surface area contributed by atoms with Crippen LogP contribution in [0.4, 0.5) is 13.2 Å². The highest BCUT2D eigenvalue weighted by Gasteiger charge is 2.42. The van der Waals surface area contributed by atoms with Crippen molar-refractivity contribution in [3.8, 4) is 0 Å². The molecule has 2 heterocycles. The van der Waals surface area contributed by atoms with E-state index in [1.54, 1.807) is 30.3 Å². The van der Waals surface area contributed by atoms with Crippen LogP contribution < -0.4 is 0 Å². The van der Waals surface area contributed by atoms with Crippen LogP contribution in [0.15, 0.2) is 47.6 Å². The second-order valence-electron chi connectivity index (χ2n) is 9.33. The molecule has 2 aliphatic heterocycles. The summed E-state index contributed by atoms with van der Waals surface area (Å²) >= 11 is 0. The zero-order valence-corrected chi connectivity index (χ0v) is 18.1. The number of nitrogens with zero attached hydrogens (tertiary/aromatic N) is 2. The molecule has 0 aromatic heterocycles. The van der Waals surface area contributed by atoms with Crippen LogP contribution in [-0.4, -0.2) is 40.4 Å². The molecule has 2 fully saturated rings. The molecular weight excluding hydrogens is 433 g/mol. The Morgan fingerprint density at radius 2 is 1.82 bits per heavy atom. The molecule has 1 spiro atoms. The predicted octanol–water partition coefficient (Wildman–Crippen LogP) is 5.44. The van der Waals surface area contributed by atoms with Crippen molar-refractivity contribution in [3.05, 3.63) is 70.3 Å². The Morgan fingerprint density at radius 1 is 1.12 bits per heavy atom. The van der Waals surface area contributed by atoms with Gasteiger partial charge in [-0.1, -0.05) is 23.4 Å². The Hall–Kier alpha value is -2.87. The largest absolute Gasteiger partial charge is 0.478 e. The van der Waals surface area contributed by atoms with Crippen molar-refractivity contribution in [3.63, 3.8) is 0 Å². The number of hydrogen-bond acceptors (Lipinski definition) is 4. The standard InChI is InChI=1S/C25H25F3N2O3/c26-25(27,28)20-7-8-21(16-1-2-16)19(13-20)15-30-11-9-24(10-12-30)14-22(29-33-24)17-3-5-18(6-4-17)23(31)32/h3-8,13,16H,1-2,9-12,14-15H2,(H,31,32). The number of alkyl halides is 3. The van der Waals surface area contributed by atoms with Gasteiger partial charge in [-0.2, -0.15) is 13.2 Å². The number of oxime groups is 1. The molecule has 0 unspecified atom stereocenters. The molecule has 174 valence electrons. The van der Waals surface area contributed by atoms with Crippen LogP contribution in [0.3, 0.4) is 0 Å². The summed E-state index contributed by atoms with van der Waals surface area (Å²) in [5, 5.41) is 13.3. The molecule has 0 atom stereocenters. The lowest BCUT2D eigenvalue weighted by Gasteiger charge is -2.37. The summed E-state index contributed by atoms with van der Waals surface area (Å²) in [6.45, 7) is 1.96. The van der Waals surface area contributed by atoms with Crippen molar-refractivity contribution >= 4 is 11.7 Å². The smallest absolute Gasteiger partial charge is 0.416 e. The summed E-state index contributed by atoms with van der Waals surface area (Å²) in [5.74, 6) is -0.583.